The number of rotatable bonds is 4. The quantitative estimate of drug-likeness (QED) is 0.408. The lowest BCUT2D eigenvalue weighted by Crippen LogP contribution is -2.74. The minimum atomic E-state index is -2.68. The molecule has 2 aromatic rings. The Bertz CT molecular complexity index is 1470. The molecular weight excluding hydrogens is 518 g/mol. The number of carbonyl (C=O) groups is 5. The van der Waals surface area contributed by atoms with Crippen molar-refractivity contribution >= 4 is 59.2 Å². The number of fused-ring (bicyclic) bond motifs is 5. The number of likely N-dealkylation sites (N-methyl/N-ethyl adjacent to an activating group) is 1. The first kappa shape index (κ1) is 27.4. The number of carbonyl (C=O) groups excluding carboxylic acids is 5. The fourth-order valence-corrected chi connectivity index (χ4v) is 7.92. The first-order valence-corrected chi connectivity index (χ1v) is 16.6. The second kappa shape index (κ2) is 8.67. The first-order chi connectivity index (χ1) is 18.0. The second-order valence-corrected chi connectivity index (χ2v) is 17.7. The summed E-state index contributed by atoms with van der Waals surface area (Å²) in [6, 6.07) is 2.85. The molecule has 6 atom stereocenters. The molecule has 5 rings (SSSR count). The number of primary amides is 1. The number of amides is 1. The maximum atomic E-state index is 14.2. The topological polar surface area (TPSA) is 151 Å². The van der Waals surface area contributed by atoms with Crippen molar-refractivity contribution in [2.45, 2.75) is 44.1 Å². The Morgan fingerprint density at radius 3 is 2.26 bits per heavy atom. The Morgan fingerprint density at radius 1 is 1.08 bits per heavy atom. The molecule has 10 nitrogen and oxygen atoms in total. The molecule has 11 heteroatoms. The van der Waals surface area contributed by atoms with Gasteiger partial charge in [0.2, 0.25) is 5.91 Å². The van der Waals surface area contributed by atoms with E-state index in [9.17, 15) is 29.1 Å². The van der Waals surface area contributed by atoms with Crippen molar-refractivity contribution in [2.24, 2.45) is 29.4 Å². The molecule has 1 aromatic carbocycles. The zero-order chi connectivity index (χ0) is 28.9. The Kier molecular flexibility index (Phi) is 6.10. The van der Waals surface area contributed by atoms with E-state index in [2.05, 4.69) is 19.6 Å². The third-order valence-electron chi connectivity index (χ3n) is 8.77. The van der Waals surface area contributed by atoms with E-state index >= 15 is 0 Å². The van der Waals surface area contributed by atoms with E-state index in [1.54, 1.807) is 14.1 Å². The van der Waals surface area contributed by atoms with Gasteiger partial charge in [-0.1, -0.05) is 19.6 Å². The van der Waals surface area contributed by atoms with Gasteiger partial charge in [0.05, 0.1) is 22.9 Å². The van der Waals surface area contributed by atoms with Gasteiger partial charge in [0, 0.05) is 31.1 Å². The van der Waals surface area contributed by atoms with Crippen LogP contribution in [0.3, 0.4) is 0 Å². The average molecular weight is 554 g/mol. The van der Waals surface area contributed by atoms with Crippen LogP contribution in [0.15, 0.2) is 16.5 Å². The smallest absolute Gasteiger partial charge is 0.235 e. The summed E-state index contributed by atoms with van der Waals surface area (Å²) in [5.41, 5.74) is 5.00. The number of hydrogen-bond acceptors (Lipinski definition) is 9. The summed E-state index contributed by atoms with van der Waals surface area (Å²) in [6.45, 7) is 6.40. The molecule has 3 aliphatic carbocycles. The maximum Gasteiger partial charge on any atom is 0.235 e. The van der Waals surface area contributed by atoms with E-state index in [1.807, 2.05) is 31.1 Å². The van der Waals surface area contributed by atoms with Crippen molar-refractivity contribution < 1.29 is 33.5 Å². The highest BCUT2D eigenvalue weighted by molar-refractivity contribution is 6.87. The van der Waals surface area contributed by atoms with Gasteiger partial charge in [-0.15, -0.1) is 0 Å². The van der Waals surface area contributed by atoms with Crippen molar-refractivity contribution in [1.29, 1.82) is 0 Å². The van der Waals surface area contributed by atoms with Gasteiger partial charge in [-0.3, -0.25) is 28.9 Å². The van der Waals surface area contributed by atoms with E-state index in [0.29, 0.717) is 17.6 Å². The Morgan fingerprint density at radius 2 is 1.72 bits per heavy atom. The molecule has 0 spiro atoms. The summed E-state index contributed by atoms with van der Waals surface area (Å²) in [6.07, 6.45) is 0.408. The number of ketones is 4. The van der Waals surface area contributed by atoms with E-state index < -0.39 is 72.4 Å². The molecule has 0 radical (unpaired) electrons. The molecule has 39 heavy (non-hydrogen) atoms. The minimum absolute atomic E-state index is 0.0765. The van der Waals surface area contributed by atoms with Crippen LogP contribution in [0.25, 0.3) is 11.0 Å². The molecule has 1 heterocycles. The van der Waals surface area contributed by atoms with Crippen LogP contribution < -0.4 is 16.0 Å². The van der Waals surface area contributed by atoms with Crippen LogP contribution >= 0.6 is 0 Å². The van der Waals surface area contributed by atoms with Gasteiger partial charge in [-0.05, 0) is 50.6 Å². The van der Waals surface area contributed by atoms with Crippen molar-refractivity contribution in [1.82, 2.24) is 4.90 Å². The van der Waals surface area contributed by atoms with Gasteiger partial charge in [-0.2, -0.15) is 0 Å². The molecule has 4 unspecified atom stereocenters. The molecule has 0 aliphatic heterocycles. The molecular formula is C28H35N3O7Si. The molecule has 2 fully saturated rings. The number of nitrogens with zero attached hydrogens (tertiary/aromatic N) is 2. The lowest BCUT2D eigenvalue weighted by molar-refractivity contribution is -0.181. The Labute approximate surface area is 227 Å². The summed E-state index contributed by atoms with van der Waals surface area (Å²) >= 11 is 0. The highest BCUT2D eigenvalue weighted by atomic mass is 28.3. The molecule has 2 saturated carbocycles. The highest BCUT2D eigenvalue weighted by Crippen LogP contribution is 2.51. The third-order valence-corrected chi connectivity index (χ3v) is 10.5. The van der Waals surface area contributed by atoms with Crippen molar-refractivity contribution in [3.05, 3.63) is 23.3 Å². The number of furan rings is 1. The maximum absolute atomic E-state index is 14.2. The van der Waals surface area contributed by atoms with E-state index in [-0.39, 0.29) is 6.42 Å². The zero-order valence-corrected chi connectivity index (χ0v) is 24.3. The van der Waals surface area contributed by atoms with Gasteiger partial charge in [-0.25, -0.2) is 0 Å². The van der Waals surface area contributed by atoms with Crippen LogP contribution in [0.2, 0.25) is 19.6 Å². The lowest BCUT2D eigenvalue weighted by atomic mass is 9.52. The van der Waals surface area contributed by atoms with E-state index in [1.165, 1.54) is 4.90 Å². The summed E-state index contributed by atoms with van der Waals surface area (Å²) < 4.78 is 6.28. The molecule has 0 bridgehead atoms. The van der Waals surface area contributed by atoms with E-state index in [0.717, 1.165) is 22.0 Å². The lowest BCUT2D eigenvalue weighted by Gasteiger charge is -2.52. The molecule has 208 valence electrons. The summed E-state index contributed by atoms with van der Waals surface area (Å²) in [5.74, 6) is -9.57. The minimum Gasteiger partial charge on any atom is -0.465 e. The van der Waals surface area contributed by atoms with Gasteiger partial charge in [0.15, 0.2) is 34.7 Å². The van der Waals surface area contributed by atoms with Crippen LogP contribution in [0, 0.1) is 23.7 Å². The highest BCUT2D eigenvalue weighted by Gasteiger charge is 2.69. The Hall–Kier alpha value is -3.15. The Balaban J connectivity index is 1.72. The predicted molar refractivity (Wildman–Crippen MR) is 147 cm³/mol. The van der Waals surface area contributed by atoms with Crippen molar-refractivity contribution in [3.63, 3.8) is 0 Å². The van der Waals surface area contributed by atoms with Gasteiger partial charge in [0.1, 0.15) is 13.7 Å². The van der Waals surface area contributed by atoms with Crippen LogP contribution in [0.1, 0.15) is 22.3 Å². The number of aliphatic hydroxyl groups is 1. The fourth-order valence-electron chi connectivity index (χ4n) is 6.93. The van der Waals surface area contributed by atoms with Gasteiger partial charge >= 0.3 is 0 Å². The number of Topliss-reactive ketones (excluding diaryl/α,β-unsaturated/α-hetero) is 4. The van der Waals surface area contributed by atoms with Gasteiger partial charge in [0.25, 0.3) is 0 Å². The average Bonchev–Trinajstić information content (AvgIpc) is 3.25. The fraction of sp³-hybridized carbons (Fsp3) is 0.536. The van der Waals surface area contributed by atoms with Crippen LogP contribution in [0.5, 0.6) is 0 Å². The largest absolute Gasteiger partial charge is 0.465 e. The van der Waals surface area contributed by atoms with Crippen molar-refractivity contribution in [2.75, 3.05) is 33.1 Å². The molecule has 3 aliphatic rings. The molecule has 0 saturated heterocycles. The first-order valence-electron chi connectivity index (χ1n) is 13.1. The normalized spacial score (nSPS) is 30.8. The second-order valence-electron chi connectivity index (χ2n) is 12.7. The number of hydrogen-bond donors (Lipinski definition) is 2. The molecule has 1 aromatic heterocycles. The zero-order valence-electron chi connectivity index (χ0n) is 23.3. The molecule has 3 N–H and O–H groups in total. The number of nitrogens with two attached hydrogens (primary N) is 1. The third kappa shape index (κ3) is 3.70. The summed E-state index contributed by atoms with van der Waals surface area (Å²) in [7, 11) is 5.05. The summed E-state index contributed by atoms with van der Waals surface area (Å²) in [4.78, 5) is 70.7. The van der Waals surface area contributed by atoms with Crippen molar-refractivity contribution in [3.8, 4) is 0 Å². The van der Waals surface area contributed by atoms with Gasteiger partial charge < -0.3 is 20.2 Å². The van der Waals surface area contributed by atoms with Crippen LogP contribution in [-0.4, -0.2) is 87.0 Å². The molecule has 1 amide bonds. The monoisotopic (exact) mass is 553 g/mol. The van der Waals surface area contributed by atoms with E-state index in [4.69, 9.17) is 10.2 Å². The van der Waals surface area contributed by atoms with Crippen LogP contribution in [-0.2, 0) is 25.6 Å². The van der Waals surface area contributed by atoms with Crippen LogP contribution in [0.4, 0.5) is 5.69 Å². The number of benzene rings is 1. The predicted octanol–water partition coefficient (Wildman–Crippen LogP) is 0.519. The summed E-state index contributed by atoms with van der Waals surface area (Å²) in [5, 5.41) is 13.4. The number of anilines is 1. The standard InChI is InChI=1S/C28H35N3O7Si/c1-30(2)16-10-13-11-17(39(5,6)7)38-24(13)19-14(16)8-12-9-15-21(31(3)4)23(33)20(27(29)36)26(35)28(15,37)25(34)18(12)22(19)32/h10-12,15,18,20-21,37H,8-9H2,1-7H3,(H2,29,36)/t12?,15?,18?,20?,21-,28-/m0/s1. The SMILES string of the molecule is CN(C)c1cc2cc([Si](C)(C)C)oc2c2c1CC1CC3[C@H](N(C)C)C(=O)C(C(N)=O)C(=O)[C@@]3(O)C(=O)C1C2=O.